The van der Waals surface area contributed by atoms with E-state index in [1.807, 2.05) is 34.9 Å². The molecule has 0 aromatic rings. The SMILES string of the molecule is COS(=O)(=O)[O-].C[S+]=C1SCCS1. The fourth-order valence-electron chi connectivity index (χ4n) is 0.410. The van der Waals surface area contributed by atoms with Crippen LogP contribution in [0.15, 0.2) is 0 Å². The van der Waals surface area contributed by atoms with Crippen LogP contribution in [0.5, 0.6) is 0 Å². The molecule has 1 aliphatic rings. The van der Waals surface area contributed by atoms with Crippen molar-refractivity contribution in [1.29, 1.82) is 0 Å². The van der Waals surface area contributed by atoms with E-state index >= 15 is 0 Å². The van der Waals surface area contributed by atoms with Crippen LogP contribution in [-0.2, 0) is 25.9 Å². The van der Waals surface area contributed by atoms with Crippen molar-refractivity contribution in [3.8, 4) is 0 Å². The minimum Gasteiger partial charge on any atom is -0.726 e. The van der Waals surface area contributed by atoms with Crippen LogP contribution in [-0.4, -0.2) is 41.4 Å². The Hall–Kier alpha value is 0.660. The van der Waals surface area contributed by atoms with Crippen molar-refractivity contribution in [1.82, 2.24) is 0 Å². The van der Waals surface area contributed by atoms with Crippen LogP contribution >= 0.6 is 23.5 Å². The number of rotatable bonds is 1. The highest BCUT2D eigenvalue weighted by molar-refractivity contribution is 8.48. The first-order chi connectivity index (χ1) is 5.99. The highest BCUT2D eigenvalue weighted by Gasteiger charge is 2.15. The normalized spacial score (nSPS) is 16.4. The summed E-state index contributed by atoms with van der Waals surface area (Å²) in [6.07, 6.45) is 2.14. The number of thioether (sulfide) groups is 2. The van der Waals surface area contributed by atoms with E-state index < -0.39 is 10.4 Å². The topological polar surface area (TPSA) is 66.4 Å². The van der Waals surface area contributed by atoms with Gasteiger partial charge < -0.3 is 4.55 Å². The van der Waals surface area contributed by atoms with E-state index in [4.69, 9.17) is 0 Å². The second-order valence-corrected chi connectivity index (χ2v) is 6.68. The molecule has 1 fully saturated rings. The summed E-state index contributed by atoms with van der Waals surface area (Å²) >= 11 is 5.84. The Labute approximate surface area is 90.7 Å². The van der Waals surface area contributed by atoms with E-state index in [9.17, 15) is 13.0 Å². The van der Waals surface area contributed by atoms with E-state index in [2.05, 4.69) is 10.4 Å². The molecule has 1 rings (SSSR count). The van der Waals surface area contributed by atoms with Gasteiger partial charge in [-0.15, -0.1) is 0 Å². The lowest BCUT2D eigenvalue weighted by molar-refractivity contribution is 0.314. The molecule has 0 N–H and O–H groups in total. The molecule has 0 bridgehead atoms. The molecule has 0 atom stereocenters. The van der Waals surface area contributed by atoms with Crippen molar-refractivity contribution in [2.45, 2.75) is 0 Å². The predicted molar refractivity (Wildman–Crippen MR) is 59.9 cm³/mol. The van der Waals surface area contributed by atoms with E-state index in [0.29, 0.717) is 0 Å². The molecular formula is C5H10O4S4. The van der Waals surface area contributed by atoms with Gasteiger partial charge in [0.1, 0.15) is 0 Å². The van der Waals surface area contributed by atoms with Crippen molar-refractivity contribution < 1.29 is 17.2 Å². The molecule has 1 aliphatic heterocycles. The molecule has 4 nitrogen and oxygen atoms in total. The van der Waals surface area contributed by atoms with Crippen LogP contribution in [0.1, 0.15) is 0 Å². The molecule has 1 heterocycles. The zero-order valence-electron chi connectivity index (χ0n) is 7.18. The smallest absolute Gasteiger partial charge is 0.291 e. The molecule has 8 heteroatoms. The summed E-state index contributed by atoms with van der Waals surface area (Å²) in [7, 11) is -3.60. The summed E-state index contributed by atoms with van der Waals surface area (Å²) in [5, 5.41) is 0. The van der Waals surface area contributed by atoms with Crippen LogP contribution < -0.4 is 0 Å². The lowest BCUT2D eigenvalue weighted by atomic mass is 11.0. The van der Waals surface area contributed by atoms with Gasteiger partial charge in [0.25, 0.3) is 3.53 Å². The molecule has 0 spiro atoms. The van der Waals surface area contributed by atoms with Gasteiger partial charge in [-0.05, 0) is 0 Å². The molecule has 0 saturated carbocycles. The maximum absolute atomic E-state index is 9.22. The van der Waals surface area contributed by atoms with Crippen molar-refractivity contribution in [2.24, 2.45) is 0 Å². The monoisotopic (exact) mass is 262 g/mol. The summed E-state index contributed by atoms with van der Waals surface area (Å²) in [4.78, 5) is 0. The summed E-state index contributed by atoms with van der Waals surface area (Å²) in [5.41, 5.74) is 0. The van der Waals surface area contributed by atoms with Crippen molar-refractivity contribution in [3.05, 3.63) is 0 Å². The first-order valence-electron chi connectivity index (χ1n) is 3.17. The Morgan fingerprint density at radius 1 is 1.46 bits per heavy atom. The Kier molecular flexibility index (Phi) is 7.37. The van der Waals surface area contributed by atoms with Crippen LogP contribution in [0.3, 0.4) is 0 Å². The third-order valence-corrected chi connectivity index (χ3v) is 5.60. The quantitative estimate of drug-likeness (QED) is 0.294. The molecule has 1 saturated heterocycles. The third-order valence-electron chi connectivity index (χ3n) is 0.894. The molecule has 13 heavy (non-hydrogen) atoms. The first kappa shape index (κ1) is 13.7. The van der Waals surface area contributed by atoms with Gasteiger partial charge in [-0.1, -0.05) is 23.5 Å². The summed E-state index contributed by atoms with van der Waals surface area (Å²) in [5.74, 6) is 2.64. The molecule has 0 aromatic carbocycles. The molecule has 78 valence electrons. The summed E-state index contributed by atoms with van der Waals surface area (Å²) in [6, 6.07) is 0. The fraction of sp³-hybridized carbons (Fsp3) is 0.800. The Morgan fingerprint density at radius 3 is 2.00 bits per heavy atom. The molecule has 0 aromatic heterocycles. The van der Waals surface area contributed by atoms with Crippen LogP contribution in [0, 0.1) is 0 Å². The first-order valence-corrected chi connectivity index (χ1v) is 7.70. The number of hydrogen-bond donors (Lipinski definition) is 0. The second kappa shape index (κ2) is 7.02. The maximum Gasteiger partial charge on any atom is 0.291 e. The van der Waals surface area contributed by atoms with Crippen LogP contribution in [0.2, 0.25) is 0 Å². The van der Waals surface area contributed by atoms with E-state index in [0.717, 1.165) is 7.11 Å². The Bertz CT molecular complexity index is 250. The zero-order valence-corrected chi connectivity index (χ0v) is 10.4. The van der Waals surface area contributed by atoms with Gasteiger partial charge in [-0.3, -0.25) is 4.18 Å². The van der Waals surface area contributed by atoms with Crippen molar-refractivity contribution >= 4 is 48.8 Å². The maximum atomic E-state index is 9.22. The van der Waals surface area contributed by atoms with E-state index in [1.54, 1.807) is 3.53 Å². The van der Waals surface area contributed by atoms with Gasteiger partial charge >= 0.3 is 0 Å². The standard InChI is InChI=1S/C4H7S3.CH4O4S/c1-5-4-6-2-3-7-4;1-5-6(2,3)4/h2-3H2,1H3;1H3,(H,2,3,4)/q+1;/p-1. The molecule has 0 unspecified atom stereocenters. The molecule has 0 radical (unpaired) electrons. The van der Waals surface area contributed by atoms with Gasteiger partial charge in [-0.2, -0.15) is 0 Å². The van der Waals surface area contributed by atoms with Gasteiger partial charge in [0.2, 0.25) is 10.4 Å². The highest BCUT2D eigenvalue weighted by Crippen LogP contribution is 2.24. The summed E-state index contributed by atoms with van der Waals surface area (Å²) in [6.45, 7) is 0. The minimum atomic E-state index is -4.41. The van der Waals surface area contributed by atoms with E-state index in [-0.39, 0.29) is 0 Å². The lowest BCUT2D eigenvalue weighted by Gasteiger charge is -1.98. The largest absolute Gasteiger partial charge is 0.726 e. The molecular weight excluding hydrogens is 252 g/mol. The highest BCUT2D eigenvalue weighted by atomic mass is 32.3. The van der Waals surface area contributed by atoms with Crippen molar-refractivity contribution in [3.63, 3.8) is 0 Å². The lowest BCUT2D eigenvalue weighted by Crippen LogP contribution is -1.97. The van der Waals surface area contributed by atoms with Crippen LogP contribution in [0.25, 0.3) is 0 Å². The minimum absolute atomic E-state index is 0.808. The van der Waals surface area contributed by atoms with Gasteiger partial charge in [0, 0.05) is 11.5 Å². The predicted octanol–water partition coefficient (Wildman–Crippen LogP) is 0.359. The average molecular weight is 262 g/mol. The second-order valence-electron chi connectivity index (χ2n) is 1.73. The van der Waals surface area contributed by atoms with Gasteiger partial charge in [-0.25, -0.2) is 8.42 Å². The zero-order chi connectivity index (χ0) is 10.3. The third kappa shape index (κ3) is 8.98. The molecule has 0 amide bonds. The average Bonchev–Trinajstić information content (AvgIpc) is 2.56. The number of hydrogen-bond acceptors (Lipinski definition) is 6. The van der Waals surface area contributed by atoms with Gasteiger partial charge in [0.15, 0.2) is 17.6 Å². The summed E-state index contributed by atoms with van der Waals surface area (Å²) < 4.78 is 32.6. The fourth-order valence-corrected chi connectivity index (χ4v) is 3.69. The Balaban J connectivity index is 0.000000226. The van der Waals surface area contributed by atoms with Crippen molar-refractivity contribution in [2.75, 3.05) is 24.9 Å². The van der Waals surface area contributed by atoms with Gasteiger partial charge in [0.05, 0.1) is 7.11 Å². The van der Waals surface area contributed by atoms with E-state index in [1.165, 1.54) is 11.5 Å². The molecule has 0 aliphatic carbocycles. The van der Waals surface area contributed by atoms with Crippen LogP contribution in [0.4, 0.5) is 0 Å². The Morgan fingerprint density at radius 2 is 1.85 bits per heavy atom.